The van der Waals surface area contributed by atoms with Crippen molar-refractivity contribution in [2.75, 3.05) is 11.9 Å². The number of hydrogen-bond acceptors (Lipinski definition) is 4. The molecule has 0 aliphatic carbocycles. The first-order chi connectivity index (χ1) is 12.0. The molecular formula is C19H18BrNO4. The van der Waals surface area contributed by atoms with Crippen molar-refractivity contribution < 1.29 is 19.1 Å². The second-order valence-electron chi connectivity index (χ2n) is 5.56. The van der Waals surface area contributed by atoms with Crippen molar-refractivity contribution in [3.8, 4) is 5.75 Å². The number of aryl methyl sites for hydroxylation is 1. The first-order valence-corrected chi connectivity index (χ1v) is 8.69. The predicted molar refractivity (Wildman–Crippen MR) is 100 cm³/mol. The van der Waals surface area contributed by atoms with Crippen LogP contribution in [0.5, 0.6) is 5.75 Å². The summed E-state index contributed by atoms with van der Waals surface area (Å²) in [5.41, 5.74) is 2.62. The van der Waals surface area contributed by atoms with Gasteiger partial charge in [0.05, 0.1) is 13.2 Å². The summed E-state index contributed by atoms with van der Waals surface area (Å²) >= 11 is 3.42. The van der Waals surface area contributed by atoms with Gasteiger partial charge in [0.25, 0.3) is 5.91 Å². The maximum Gasteiger partial charge on any atom is 0.291 e. The number of hydrogen-bond donors (Lipinski definition) is 2. The highest BCUT2D eigenvalue weighted by atomic mass is 79.9. The number of nitrogens with one attached hydrogen (secondary N) is 1. The Kier molecular flexibility index (Phi) is 5.11. The standard InChI is InChI=1S/C19H18BrNO4/c1-3-24-16-7-5-14(8-12(16)10-22)21-19(23)18-11(2)15-9-13(20)4-6-17(15)25-18/h4-9,22H,3,10H2,1-2H3,(H,21,23). The van der Waals surface area contributed by atoms with Crippen molar-refractivity contribution in [3.63, 3.8) is 0 Å². The minimum absolute atomic E-state index is 0.170. The quantitative estimate of drug-likeness (QED) is 0.650. The molecular weight excluding hydrogens is 386 g/mol. The maximum atomic E-state index is 12.6. The number of benzene rings is 2. The van der Waals surface area contributed by atoms with Gasteiger partial charge in [0, 0.05) is 26.7 Å². The Bertz CT molecular complexity index is 933. The highest BCUT2D eigenvalue weighted by Gasteiger charge is 2.18. The molecule has 1 amide bonds. The molecule has 2 aromatic carbocycles. The smallest absolute Gasteiger partial charge is 0.291 e. The highest BCUT2D eigenvalue weighted by Crippen LogP contribution is 2.29. The fraction of sp³-hybridized carbons (Fsp3) is 0.211. The van der Waals surface area contributed by atoms with Crippen molar-refractivity contribution in [3.05, 3.63) is 57.8 Å². The molecule has 3 aromatic rings. The van der Waals surface area contributed by atoms with Crippen molar-refractivity contribution in [1.29, 1.82) is 0 Å². The lowest BCUT2D eigenvalue weighted by molar-refractivity contribution is 0.0998. The van der Waals surface area contributed by atoms with Gasteiger partial charge in [-0.25, -0.2) is 0 Å². The maximum absolute atomic E-state index is 12.6. The summed E-state index contributed by atoms with van der Waals surface area (Å²) in [6.45, 7) is 4.06. The van der Waals surface area contributed by atoms with Gasteiger partial charge in [0.1, 0.15) is 11.3 Å². The zero-order valence-electron chi connectivity index (χ0n) is 13.9. The van der Waals surface area contributed by atoms with E-state index < -0.39 is 0 Å². The summed E-state index contributed by atoms with van der Waals surface area (Å²) in [4.78, 5) is 12.6. The number of carbonyl (C=O) groups excluding carboxylic acids is 1. The summed E-state index contributed by atoms with van der Waals surface area (Å²) in [7, 11) is 0. The molecule has 0 fully saturated rings. The van der Waals surface area contributed by atoms with Crippen LogP contribution in [0.1, 0.15) is 28.6 Å². The molecule has 5 nitrogen and oxygen atoms in total. The lowest BCUT2D eigenvalue weighted by Gasteiger charge is -2.11. The van der Waals surface area contributed by atoms with Gasteiger partial charge < -0.3 is 19.6 Å². The zero-order valence-corrected chi connectivity index (χ0v) is 15.5. The van der Waals surface area contributed by atoms with Gasteiger partial charge in [-0.05, 0) is 50.2 Å². The summed E-state index contributed by atoms with van der Waals surface area (Å²) in [6, 6.07) is 10.8. The van der Waals surface area contributed by atoms with Gasteiger partial charge in [-0.15, -0.1) is 0 Å². The van der Waals surface area contributed by atoms with Gasteiger partial charge in [-0.1, -0.05) is 15.9 Å². The minimum atomic E-state index is -0.335. The van der Waals surface area contributed by atoms with Crippen LogP contribution in [-0.2, 0) is 6.61 Å². The Morgan fingerprint density at radius 2 is 2.08 bits per heavy atom. The van der Waals surface area contributed by atoms with Crippen molar-refractivity contribution >= 4 is 38.5 Å². The minimum Gasteiger partial charge on any atom is -0.494 e. The number of carbonyl (C=O) groups is 1. The molecule has 0 aliphatic rings. The number of halogens is 1. The van der Waals surface area contributed by atoms with Crippen LogP contribution in [0.15, 0.2) is 45.3 Å². The van der Waals surface area contributed by atoms with E-state index in [0.717, 1.165) is 15.4 Å². The molecule has 0 unspecified atom stereocenters. The van der Waals surface area contributed by atoms with E-state index >= 15 is 0 Å². The van der Waals surface area contributed by atoms with Crippen LogP contribution in [-0.4, -0.2) is 17.6 Å². The monoisotopic (exact) mass is 403 g/mol. The third kappa shape index (κ3) is 3.55. The lowest BCUT2D eigenvalue weighted by Crippen LogP contribution is -2.12. The van der Waals surface area contributed by atoms with Gasteiger partial charge in [-0.3, -0.25) is 4.79 Å². The van der Waals surface area contributed by atoms with E-state index in [-0.39, 0.29) is 18.3 Å². The Morgan fingerprint density at radius 3 is 2.80 bits per heavy atom. The van der Waals surface area contributed by atoms with Crippen LogP contribution in [0.2, 0.25) is 0 Å². The molecule has 1 aromatic heterocycles. The van der Waals surface area contributed by atoms with Gasteiger partial charge in [0.15, 0.2) is 5.76 Å². The van der Waals surface area contributed by atoms with E-state index in [4.69, 9.17) is 9.15 Å². The van der Waals surface area contributed by atoms with Crippen molar-refractivity contribution in [1.82, 2.24) is 0 Å². The topological polar surface area (TPSA) is 71.7 Å². The Morgan fingerprint density at radius 1 is 1.28 bits per heavy atom. The zero-order chi connectivity index (χ0) is 18.0. The van der Waals surface area contributed by atoms with Gasteiger partial charge in [-0.2, -0.15) is 0 Å². The number of furan rings is 1. The molecule has 3 rings (SSSR count). The van der Waals surface area contributed by atoms with Crippen molar-refractivity contribution in [2.45, 2.75) is 20.5 Å². The SMILES string of the molecule is CCOc1ccc(NC(=O)c2oc3ccc(Br)cc3c2C)cc1CO. The molecule has 2 N–H and O–H groups in total. The van der Waals surface area contributed by atoms with E-state index in [1.807, 2.05) is 32.0 Å². The molecule has 0 radical (unpaired) electrons. The highest BCUT2D eigenvalue weighted by molar-refractivity contribution is 9.10. The molecule has 0 spiro atoms. The van der Waals surface area contributed by atoms with E-state index in [1.54, 1.807) is 18.2 Å². The lowest BCUT2D eigenvalue weighted by atomic mass is 10.1. The summed E-state index contributed by atoms with van der Waals surface area (Å²) in [5, 5.41) is 13.2. The summed E-state index contributed by atoms with van der Waals surface area (Å²) in [5.74, 6) is 0.540. The van der Waals surface area contributed by atoms with Crippen LogP contribution in [0.4, 0.5) is 5.69 Å². The largest absolute Gasteiger partial charge is 0.494 e. The normalized spacial score (nSPS) is 10.9. The molecule has 0 saturated heterocycles. The fourth-order valence-electron chi connectivity index (χ4n) is 2.67. The molecule has 25 heavy (non-hydrogen) atoms. The number of amides is 1. The molecule has 0 saturated carbocycles. The van der Waals surface area contributed by atoms with Crippen LogP contribution >= 0.6 is 15.9 Å². The summed E-state index contributed by atoms with van der Waals surface area (Å²) < 4.78 is 12.1. The molecule has 6 heteroatoms. The third-order valence-corrected chi connectivity index (χ3v) is 4.39. The summed E-state index contributed by atoms with van der Waals surface area (Å²) in [6.07, 6.45) is 0. The fourth-order valence-corrected chi connectivity index (χ4v) is 3.04. The van der Waals surface area contributed by atoms with E-state index in [1.165, 1.54) is 0 Å². The predicted octanol–water partition coefficient (Wildman–Crippen LogP) is 4.65. The number of rotatable bonds is 5. The molecule has 130 valence electrons. The molecule has 1 heterocycles. The average Bonchev–Trinajstić information content (AvgIpc) is 2.93. The van der Waals surface area contributed by atoms with E-state index in [0.29, 0.717) is 29.2 Å². The first-order valence-electron chi connectivity index (χ1n) is 7.90. The molecule has 0 bridgehead atoms. The molecule has 0 atom stereocenters. The van der Waals surface area contributed by atoms with Gasteiger partial charge in [0.2, 0.25) is 0 Å². The first kappa shape index (κ1) is 17.5. The number of ether oxygens (including phenoxy) is 1. The average molecular weight is 404 g/mol. The number of aliphatic hydroxyl groups excluding tert-OH is 1. The number of aliphatic hydroxyl groups is 1. The van der Waals surface area contributed by atoms with Crippen LogP contribution < -0.4 is 10.1 Å². The van der Waals surface area contributed by atoms with Crippen molar-refractivity contribution in [2.24, 2.45) is 0 Å². The van der Waals surface area contributed by atoms with Crippen LogP contribution in [0.3, 0.4) is 0 Å². The Balaban J connectivity index is 1.88. The second kappa shape index (κ2) is 7.29. The van der Waals surface area contributed by atoms with Crippen LogP contribution in [0.25, 0.3) is 11.0 Å². The second-order valence-corrected chi connectivity index (χ2v) is 6.48. The third-order valence-electron chi connectivity index (χ3n) is 3.89. The van der Waals surface area contributed by atoms with Gasteiger partial charge >= 0.3 is 0 Å². The molecule has 0 aliphatic heterocycles. The van der Waals surface area contributed by atoms with Crippen LogP contribution in [0, 0.1) is 6.92 Å². The Labute approximate surface area is 153 Å². The number of fused-ring (bicyclic) bond motifs is 1. The van der Waals surface area contributed by atoms with E-state index in [2.05, 4.69) is 21.2 Å². The number of anilines is 1. The Hall–Kier alpha value is -2.31. The van der Waals surface area contributed by atoms with E-state index in [9.17, 15) is 9.90 Å².